The summed E-state index contributed by atoms with van der Waals surface area (Å²) >= 11 is 1.82. The Hall–Kier alpha value is -1.75. The first-order valence-corrected chi connectivity index (χ1v) is 9.66. The molecule has 4 heteroatoms. The van der Waals surface area contributed by atoms with Crippen LogP contribution < -0.4 is 5.46 Å². The van der Waals surface area contributed by atoms with Crippen LogP contribution in [-0.2, 0) is 4.65 Å². The Morgan fingerprint density at radius 2 is 1.58 bits per heavy atom. The third-order valence-electron chi connectivity index (χ3n) is 5.39. The Morgan fingerprint density at radius 3 is 2.35 bits per heavy atom. The average molecular weight is 361 g/mol. The van der Waals surface area contributed by atoms with Gasteiger partial charge in [0.2, 0.25) is 0 Å². The normalized spacial score (nSPS) is 13.6. The molecule has 0 saturated heterocycles. The molecule has 0 atom stereocenters. The molecule has 3 aromatic rings. The van der Waals surface area contributed by atoms with Crippen LogP contribution in [0.5, 0.6) is 0 Å². The number of benzene rings is 3. The lowest BCUT2D eigenvalue weighted by atomic mass is 9.79. The van der Waals surface area contributed by atoms with Gasteiger partial charge in [-0.3, -0.25) is 0 Å². The average Bonchev–Trinajstić information content (AvgIpc) is 2.60. The van der Waals surface area contributed by atoms with Crippen LogP contribution >= 0.6 is 11.8 Å². The van der Waals surface area contributed by atoms with E-state index in [1.165, 1.54) is 31.7 Å². The molecule has 131 valence electrons. The first-order valence-electron chi connectivity index (χ1n) is 8.84. The molecule has 0 saturated carbocycles. The highest BCUT2D eigenvalue weighted by molar-refractivity contribution is 7.99. The molecule has 0 spiro atoms. The van der Waals surface area contributed by atoms with Gasteiger partial charge in [-0.05, 0) is 61.8 Å². The van der Waals surface area contributed by atoms with Gasteiger partial charge in [-0.2, -0.15) is 0 Å². The van der Waals surface area contributed by atoms with Crippen molar-refractivity contribution in [3.05, 3.63) is 54.6 Å². The zero-order valence-electron chi connectivity index (χ0n) is 15.5. The van der Waals surface area contributed by atoms with Gasteiger partial charge in [-0.25, -0.2) is 0 Å². The molecular formula is C22H22BO2S. The minimum Gasteiger partial charge on any atom is -0.427 e. The predicted molar refractivity (Wildman–Crippen MR) is 110 cm³/mol. The van der Waals surface area contributed by atoms with Crippen molar-refractivity contribution in [3.8, 4) is 11.1 Å². The van der Waals surface area contributed by atoms with Crippen LogP contribution in [0.15, 0.2) is 64.4 Å². The van der Waals surface area contributed by atoms with Crippen molar-refractivity contribution in [3.63, 3.8) is 0 Å². The van der Waals surface area contributed by atoms with Crippen molar-refractivity contribution in [2.45, 2.75) is 48.7 Å². The molecule has 1 heterocycles. The van der Waals surface area contributed by atoms with Crippen LogP contribution in [0.4, 0.5) is 0 Å². The van der Waals surface area contributed by atoms with Gasteiger partial charge >= 0.3 is 7.48 Å². The van der Waals surface area contributed by atoms with E-state index in [1.807, 2.05) is 25.6 Å². The fraction of sp³-hybridized carbons (Fsp3) is 0.273. The second-order valence-electron chi connectivity index (χ2n) is 7.78. The Labute approximate surface area is 159 Å². The van der Waals surface area contributed by atoms with Gasteiger partial charge in [0.1, 0.15) is 0 Å². The lowest BCUT2D eigenvalue weighted by molar-refractivity contribution is -0.0893. The lowest BCUT2D eigenvalue weighted by Gasteiger charge is -2.37. The maximum absolute atomic E-state index is 10.3. The fourth-order valence-electron chi connectivity index (χ4n) is 3.06. The Morgan fingerprint density at radius 1 is 0.846 bits per heavy atom. The summed E-state index contributed by atoms with van der Waals surface area (Å²) in [5.74, 6) is 0. The van der Waals surface area contributed by atoms with E-state index in [2.05, 4.69) is 54.6 Å². The topological polar surface area (TPSA) is 29.5 Å². The third-order valence-corrected chi connectivity index (χ3v) is 6.52. The van der Waals surface area contributed by atoms with E-state index in [1.54, 1.807) is 21.3 Å². The van der Waals surface area contributed by atoms with Gasteiger partial charge < -0.3 is 9.76 Å². The van der Waals surface area contributed by atoms with Gasteiger partial charge in [-0.15, -0.1) is 0 Å². The summed E-state index contributed by atoms with van der Waals surface area (Å²) in [6.45, 7) is 7.35. The minimum absolute atomic E-state index is 0.686. The number of fused-ring (bicyclic) bond motifs is 2. The smallest absolute Gasteiger partial charge is 0.331 e. The zero-order chi connectivity index (χ0) is 18.5. The first kappa shape index (κ1) is 17.7. The summed E-state index contributed by atoms with van der Waals surface area (Å²) in [5, 5.41) is 12.8. The lowest BCUT2D eigenvalue weighted by Crippen LogP contribution is -2.49. The number of hydrogen-bond donors (Lipinski definition) is 1. The number of rotatable bonds is 4. The van der Waals surface area contributed by atoms with Gasteiger partial charge in [0.15, 0.2) is 0 Å². The molecule has 26 heavy (non-hydrogen) atoms. The van der Waals surface area contributed by atoms with Crippen LogP contribution in [0.1, 0.15) is 27.7 Å². The fourth-order valence-corrected chi connectivity index (χ4v) is 4.20. The number of aliphatic hydroxyl groups is 1. The molecule has 1 aliphatic heterocycles. The van der Waals surface area contributed by atoms with Crippen molar-refractivity contribution in [1.82, 2.24) is 0 Å². The maximum Gasteiger partial charge on any atom is 0.331 e. The van der Waals surface area contributed by atoms with Gasteiger partial charge in [-0.1, -0.05) is 54.2 Å². The first-order chi connectivity index (χ1) is 12.3. The van der Waals surface area contributed by atoms with Crippen molar-refractivity contribution in [1.29, 1.82) is 0 Å². The van der Waals surface area contributed by atoms with Crippen LogP contribution in [-0.4, -0.2) is 23.8 Å². The molecule has 2 nitrogen and oxygen atoms in total. The molecule has 0 bridgehead atoms. The van der Waals surface area contributed by atoms with E-state index in [0.717, 1.165) is 5.46 Å². The van der Waals surface area contributed by atoms with E-state index in [9.17, 15) is 5.11 Å². The molecule has 1 N–H and O–H groups in total. The third kappa shape index (κ3) is 2.86. The van der Waals surface area contributed by atoms with E-state index in [-0.39, 0.29) is 0 Å². The highest BCUT2D eigenvalue weighted by atomic mass is 32.2. The number of hydrogen-bond acceptors (Lipinski definition) is 3. The molecule has 0 amide bonds. The molecule has 3 aromatic carbocycles. The van der Waals surface area contributed by atoms with E-state index in [0.29, 0.717) is 0 Å². The molecule has 4 rings (SSSR count). The van der Waals surface area contributed by atoms with Crippen molar-refractivity contribution < 1.29 is 9.76 Å². The summed E-state index contributed by atoms with van der Waals surface area (Å²) in [6.07, 6.45) is 0. The molecular weight excluding hydrogens is 339 g/mol. The molecule has 0 aliphatic carbocycles. The minimum atomic E-state index is -0.940. The largest absolute Gasteiger partial charge is 0.427 e. The Balaban J connectivity index is 1.79. The molecule has 0 aromatic heterocycles. The molecule has 0 unspecified atom stereocenters. The second kappa shape index (κ2) is 6.16. The SMILES string of the molecule is CC(C)(O)C(C)(C)O[B]c1ccc2c3c(cccc13)Sc1ccccc1-2. The van der Waals surface area contributed by atoms with Crippen molar-refractivity contribution >= 4 is 35.5 Å². The summed E-state index contributed by atoms with van der Waals surface area (Å²) < 4.78 is 6.01. The highest BCUT2D eigenvalue weighted by Crippen LogP contribution is 2.47. The van der Waals surface area contributed by atoms with E-state index in [4.69, 9.17) is 4.65 Å². The summed E-state index contributed by atoms with van der Waals surface area (Å²) in [6, 6.07) is 19.2. The van der Waals surface area contributed by atoms with Gasteiger partial charge in [0.25, 0.3) is 0 Å². The summed E-state index contributed by atoms with van der Waals surface area (Å²) in [4.78, 5) is 2.57. The van der Waals surface area contributed by atoms with Crippen LogP contribution in [0.2, 0.25) is 0 Å². The Bertz CT molecular complexity index is 989. The zero-order valence-corrected chi connectivity index (χ0v) is 16.4. The van der Waals surface area contributed by atoms with Gasteiger partial charge in [0, 0.05) is 15.2 Å². The Kier molecular flexibility index (Phi) is 4.18. The van der Waals surface area contributed by atoms with Crippen molar-refractivity contribution in [2.24, 2.45) is 0 Å². The van der Waals surface area contributed by atoms with E-state index < -0.39 is 11.2 Å². The highest BCUT2D eigenvalue weighted by Gasteiger charge is 2.36. The summed E-state index contributed by atoms with van der Waals surface area (Å²) in [7, 11) is 1.78. The van der Waals surface area contributed by atoms with Gasteiger partial charge in [0.05, 0.1) is 11.2 Å². The quantitative estimate of drug-likeness (QED) is 0.531. The van der Waals surface area contributed by atoms with Crippen LogP contribution in [0.3, 0.4) is 0 Å². The second-order valence-corrected chi connectivity index (χ2v) is 8.87. The molecule has 0 fully saturated rings. The van der Waals surface area contributed by atoms with Crippen molar-refractivity contribution in [2.75, 3.05) is 0 Å². The predicted octanol–water partition coefficient (Wildman–Crippen LogP) is 4.78. The monoisotopic (exact) mass is 361 g/mol. The van der Waals surface area contributed by atoms with E-state index >= 15 is 0 Å². The standard InChI is InChI=1S/C22H22BO2S/c1-21(2,24)22(3,4)25-23-17-13-12-15-14-8-5-6-10-18(14)26-19-11-7-9-16(17)20(15)19/h5-13,24H,1-4H3. The maximum atomic E-state index is 10.3. The van der Waals surface area contributed by atoms with Crippen LogP contribution in [0.25, 0.3) is 21.9 Å². The molecule has 1 radical (unpaired) electrons. The summed E-state index contributed by atoms with van der Waals surface area (Å²) in [5.41, 5.74) is 1.95. The molecule has 1 aliphatic rings. The van der Waals surface area contributed by atoms with Crippen LogP contribution in [0, 0.1) is 0 Å².